The number of nitrogens with one attached hydrogen (secondary N) is 1. The van der Waals surface area contributed by atoms with E-state index in [1.807, 2.05) is 19.9 Å². The van der Waals surface area contributed by atoms with E-state index in [0.717, 1.165) is 23.5 Å². The third-order valence-electron chi connectivity index (χ3n) is 3.37. The van der Waals surface area contributed by atoms with Gasteiger partial charge in [-0.05, 0) is 30.7 Å². The summed E-state index contributed by atoms with van der Waals surface area (Å²) in [7, 11) is 0. The second kappa shape index (κ2) is 8.71. The van der Waals surface area contributed by atoms with Crippen LogP contribution in [-0.4, -0.2) is 33.4 Å². The average molecular weight is 364 g/mol. The molecule has 24 heavy (non-hydrogen) atoms. The monoisotopic (exact) mass is 363 g/mol. The van der Waals surface area contributed by atoms with Gasteiger partial charge >= 0.3 is 0 Å². The topological polar surface area (TPSA) is 85.7 Å². The van der Waals surface area contributed by atoms with Gasteiger partial charge < -0.3 is 4.90 Å². The predicted molar refractivity (Wildman–Crippen MR) is 95.3 cm³/mol. The van der Waals surface area contributed by atoms with Crippen LogP contribution in [0.3, 0.4) is 0 Å². The molecule has 1 heterocycles. The fourth-order valence-electron chi connectivity index (χ4n) is 2.06. The van der Waals surface area contributed by atoms with Gasteiger partial charge in [0.2, 0.25) is 11.1 Å². The zero-order valence-corrected chi connectivity index (χ0v) is 15.1. The molecule has 8 heteroatoms. The average Bonchev–Trinajstić information content (AvgIpc) is 3.04. The molecule has 1 aromatic carbocycles. The number of carbonyl (C=O) groups is 1. The van der Waals surface area contributed by atoms with Crippen molar-refractivity contribution in [3.05, 3.63) is 34.6 Å². The number of carbonyl (C=O) groups excluding carboxylic acids is 1. The molecule has 1 aromatic heterocycles. The fourth-order valence-corrected chi connectivity index (χ4v) is 2.87. The highest BCUT2D eigenvalue weighted by molar-refractivity contribution is 7.99. The second-order valence-corrected chi connectivity index (χ2v) is 6.44. The Morgan fingerprint density at radius 1 is 1.50 bits per heavy atom. The van der Waals surface area contributed by atoms with Crippen LogP contribution in [0.2, 0.25) is 5.02 Å². The molecule has 0 bridgehead atoms. The van der Waals surface area contributed by atoms with Crippen molar-refractivity contribution < 1.29 is 4.79 Å². The third kappa shape index (κ3) is 4.73. The molecule has 0 aliphatic heterocycles. The molecule has 0 fully saturated rings. The lowest BCUT2D eigenvalue weighted by atomic mass is 10.2. The number of nitriles is 1. The highest BCUT2D eigenvalue weighted by Gasteiger charge is 2.17. The number of nitrogens with zero attached hydrogens (tertiary/aromatic N) is 4. The summed E-state index contributed by atoms with van der Waals surface area (Å²) in [6, 6.07) is 7.48. The molecule has 6 nitrogen and oxygen atoms in total. The van der Waals surface area contributed by atoms with Gasteiger partial charge in [0.25, 0.3) is 0 Å². The minimum absolute atomic E-state index is 0.0974. The van der Waals surface area contributed by atoms with Crippen molar-refractivity contribution in [3.8, 4) is 6.07 Å². The Bertz CT molecular complexity index is 755. The van der Waals surface area contributed by atoms with Crippen LogP contribution in [0, 0.1) is 18.3 Å². The molecule has 2 rings (SSSR count). The summed E-state index contributed by atoms with van der Waals surface area (Å²) in [6.45, 7) is 4.20. The smallest absolute Gasteiger partial charge is 0.237 e. The predicted octanol–water partition coefficient (Wildman–Crippen LogP) is 3.37. The quantitative estimate of drug-likeness (QED) is 0.762. The van der Waals surface area contributed by atoms with E-state index in [2.05, 4.69) is 21.3 Å². The molecule has 0 aliphatic rings. The minimum Gasteiger partial charge on any atom is -0.311 e. The van der Waals surface area contributed by atoms with Gasteiger partial charge in [-0.2, -0.15) is 5.26 Å². The number of thioether (sulfide) groups is 1. The third-order valence-corrected chi connectivity index (χ3v) is 4.63. The molecule has 2 aromatic rings. The molecule has 0 aliphatic carbocycles. The molecular formula is C16H18ClN5OS. The number of aromatic amines is 1. The zero-order chi connectivity index (χ0) is 17.5. The maximum Gasteiger partial charge on any atom is 0.237 e. The Kier molecular flexibility index (Phi) is 6.64. The number of anilines is 1. The van der Waals surface area contributed by atoms with Crippen molar-refractivity contribution in [2.24, 2.45) is 0 Å². The van der Waals surface area contributed by atoms with E-state index in [-0.39, 0.29) is 18.1 Å². The van der Waals surface area contributed by atoms with E-state index < -0.39 is 0 Å². The molecule has 0 atom stereocenters. The van der Waals surface area contributed by atoms with E-state index >= 15 is 0 Å². The first-order valence-electron chi connectivity index (χ1n) is 7.52. The van der Waals surface area contributed by atoms with Crippen LogP contribution in [0.4, 0.5) is 5.69 Å². The van der Waals surface area contributed by atoms with Gasteiger partial charge in [-0.1, -0.05) is 30.3 Å². The molecule has 1 N–H and O–H groups in total. The van der Waals surface area contributed by atoms with Crippen LogP contribution in [-0.2, 0) is 11.2 Å². The molecule has 0 unspecified atom stereocenters. The SMILES string of the molecule is CCc1nc(SCC(=O)N(CCC#N)c2ccc(Cl)c(C)c2)n[nH]1. The van der Waals surface area contributed by atoms with Crippen molar-refractivity contribution in [2.75, 3.05) is 17.2 Å². The highest BCUT2D eigenvalue weighted by Crippen LogP contribution is 2.24. The van der Waals surface area contributed by atoms with Crippen LogP contribution >= 0.6 is 23.4 Å². The van der Waals surface area contributed by atoms with Gasteiger partial charge in [-0.15, -0.1) is 5.10 Å². The van der Waals surface area contributed by atoms with Gasteiger partial charge in [-0.25, -0.2) is 4.98 Å². The van der Waals surface area contributed by atoms with Gasteiger partial charge in [0.05, 0.1) is 18.2 Å². The molecular weight excluding hydrogens is 346 g/mol. The summed E-state index contributed by atoms with van der Waals surface area (Å²) in [4.78, 5) is 18.5. The zero-order valence-electron chi connectivity index (χ0n) is 13.5. The lowest BCUT2D eigenvalue weighted by molar-refractivity contribution is -0.116. The summed E-state index contributed by atoms with van der Waals surface area (Å²) in [5.41, 5.74) is 1.63. The summed E-state index contributed by atoms with van der Waals surface area (Å²) in [6.07, 6.45) is 1.03. The Balaban J connectivity index is 2.09. The van der Waals surface area contributed by atoms with E-state index in [0.29, 0.717) is 16.7 Å². The minimum atomic E-state index is -0.0974. The van der Waals surface area contributed by atoms with Crippen molar-refractivity contribution in [1.82, 2.24) is 15.2 Å². The molecule has 0 spiro atoms. The number of halogens is 1. The molecule has 126 valence electrons. The fraction of sp³-hybridized carbons (Fsp3) is 0.375. The van der Waals surface area contributed by atoms with Crippen LogP contribution in [0.25, 0.3) is 0 Å². The number of amides is 1. The van der Waals surface area contributed by atoms with Crippen LogP contribution in [0.1, 0.15) is 24.7 Å². The van der Waals surface area contributed by atoms with Crippen LogP contribution < -0.4 is 4.90 Å². The standard InChI is InChI=1S/C16H18ClN5OS/c1-3-14-19-16(21-20-14)24-10-15(23)22(8-4-7-18)12-5-6-13(17)11(2)9-12/h5-6,9H,3-4,8,10H2,1-2H3,(H,19,20,21). The van der Waals surface area contributed by atoms with Crippen molar-refractivity contribution in [3.63, 3.8) is 0 Å². The van der Waals surface area contributed by atoms with E-state index in [1.54, 1.807) is 17.0 Å². The van der Waals surface area contributed by atoms with Gasteiger partial charge in [-0.3, -0.25) is 9.89 Å². The maximum absolute atomic E-state index is 12.6. The molecule has 0 saturated heterocycles. The number of H-pyrrole nitrogens is 1. The van der Waals surface area contributed by atoms with E-state index in [1.165, 1.54) is 11.8 Å². The maximum atomic E-state index is 12.6. The molecule has 0 saturated carbocycles. The van der Waals surface area contributed by atoms with Gasteiger partial charge in [0.15, 0.2) is 0 Å². The Labute approximate surface area is 150 Å². The molecule has 0 radical (unpaired) electrons. The first-order chi connectivity index (χ1) is 11.5. The van der Waals surface area contributed by atoms with Crippen molar-refractivity contribution in [2.45, 2.75) is 31.8 Å². The van der Waals surface area contributed by atoms with Crippen molar-refractivity contribution >= 4 is 35.0 Å². The summed E-state index contributed by atoms with van der Waals surface area (Å²) >= 11 is 7.32. The molecule has 1 amide bonds. The van der Waals surface area contributed by atoms with Gasteiger partial charge in [0, 0.05) is 23.7 Å². The first-order valence-corrected chi connectivity index (χ1v) is 8.89. The Morgan fingerprint density at radius 3 is 2.92 bits per heavy atom. The lowest BCUT2D eigenvalue weighted by Gasteiger charge is -2.22. The highest BCUT2D eigenvalue weighted by atomic mass is 35.5. The van der Waals surface area contributed by atoms with Crippen molar-refractivity contribution in [1.29, 1.82) is 5.26 Å². The summed E-state index contributed by atoms with van der Waals surface area (Å²) in [5, 5.41) is 16.9. The normalized spacial score (nSPS) is 10.4. The lowest BCUT2D eigenvalue weighted by Crippen LogP contribution is -2.33. The number of hydrogen-bond donors (Lipinski definition) is 1. The van der Waals surface area contributed by atoms with E-state index in [9.17, 15) is 4.79 Å². The summed E-state index contributed by atoms with van der Waals surface area (Å²) in [5.74, 6) is 0.896. The van der Waals surface area contributed by atoms with Crippen LogP contribution in [0.15, 0.2) is 23.4 Å². The number of aryl methyl sites for hydroxylation is 2. The number of aromatic nitrogens is 3. The Hall–Kier alpha value is -2.04. The number of rotatable bonds is 7. The largest absolute Gasteiger partial charge is 0.311 e. The van der Waals surface area contributed by atoms with E-state index in [4.69, 9.17) is 16.9 Å². The van der Waals surface area contributed by atoms with Crippen LogP contribution in [0.5, 0.6) is 0 Å². The summed E-state index contributed by atoms with van der Waals surface area (Å²) < 4.78 is 0. The Morgan fingerprint density at radius 2 is 2.29 bits per heavy atom. The number of hydrogen-bond acceptors (Lipinski definition) is 5. The second-order valence-electron chi connectivity index (χ2n) is 5.09. The number of benzene rings is 1. The van der Waals surface area contributed by atoms with Gasteiger partial charge in [0.1, 0.15) is 5.82 Å². The first kappa shape index (κ1) is 18.3.